The number of aliphatic hydroxyl groups excluding tert-OH is 1. The minimum atomic E-state index is -0.0782. The van der Waals surface area contributed by atoms with Crippen molar-refractivity contribution in [2.75, 3.05) is 32.7 Å². The van der Waals surface area contributed by atoms with Crippen LogP contribution in [0.5, 0.6) is 0 Å². The molecule has 1 aliphatic carbocycles. The van der Waals surface area contributed by atoms with Crippen LogP contribution in [0.2, 0.25) is 0 Å². The van der Waals surface area contributed by atoms with Gasteiger partial charge in [0.2, 0.25) is 0 Å². The topological polar surface area (TPSA) is 26.7 Å². The van der Waals surface area contributed by atoms with Crippen molar-refractivity contribution in [1.82, 2.24) is 9.80 Å². The molecule has 0 radical (unpaired) electrons. The van der Waals surface area contributed by atoms with Crippen LogP contribution in [0.25, 0.3) is 0 Å². The summed E-state index contributed by atoms with van der Waals surface area (Å²) in [5.41, 5.74) is 0. The van der Waals surface area contributed by atoms with Crippen LogP contribution < -0.4 is 0 Å². The summed E-state index contributed by atoms with van der Waals surface area (Å²) >= 11 is 0. The van der Waals surface area contributed by atoms with Gasteiger partial charge in [0, 0.05) is 32.2 Å². The number of piperazine rings is 1. The molecule has 1 saturated heterocycles. The summed E-state index contributed by atoms with van der Waals surface area (Å²) in [6.07, 6.45) is 5.90. The standard InChI is InChI=1S/C15H30N2O/c1-3-7-16-8-10-17(11-9-16)14-12-13(4-2)5-6-15(14)18/h13-15,18H,3-12H2,1-2H3. The summed E-state index contributed by atoms with van der Waals surface area (Å²) in [5.74, 6) is 0.840. The number of rotatable bonds is 4. The maximum atomic E-state index is 10.2. The van der Waals surface area contributed by atoms with Gasteiger partial charge in [0.15, 0.2) is 0 Å². The fraction of sp³-hybridized carbons (Fsp3) is 1.00. The van der Waals surface area contributed by atoms with E-state index in [1.807, 2.05) is 0 Å². The van der Waals surface area contributed by atoms with Crippen molar-refractivity contribution in [1.29, 1.82) is 0 Å². The third kappa shape index (κ3) is 3.46. The quantitative estimate of drug-likeness (QED) is 0.831. The van der Waals surface area contributed by atoms with E-state index in [1.165, 1.54) is 45.3 Å². The number of hydrogen-bond donors (Lipinski definition) is 1. The van der Waals surface area contributed by atoms with Crippen LogP contribution in [0.15, 0.2) is 0 Å². The highest BCUT2D eigenvalue weighted by atomic mass is 16.3. The van der Waals surface area contributed by atoms with Crippen molar-refractivity contribution in [3.05, 3.63) is 0 Å². The van der Waals surface area contributed by atoms with Crippen LogP contribution in [0.3, 0.4) is 0 Å². The van der Waals surface area contributed by atoms with E-state index in [0.29, 0.717) is 6.04 Å². The zero-order valence-corrected chi connectivity index (χ0v) is 12.1. The summed E-state index contributed by atoms with van der Waals surface area (Å²) in [6, 6.07) is 0.437. The van der Waals surface area contributed by atoms with Gasteiger partial charge in [-0.05, 0) is 38.1 Å². The van der Waals surface area contributed by atoms with Crippen molar-refractivity contribution in [2.45, 2.75) is 58.1 Å². The molecule has 3 unspecified atom stereocenters. The monoisotopic (exact) mass is 254 g/mol. The van der Waals surface area contributed by atoms with Crippen LogP contribution in [0.1, 0.15) is 46.0 Å². The van der Waals surface area contributed by atoms with Crippen molar-refractivity contribution >= 4 is 0 Å². The highest BCUT2D eigenvalue weighted by Gasteiger charge is 2.33. The zero-order chi connectivity index (χ0) is 13.0. The molecule has 2 aliphatic rings. The molecule has 0 bridgehead atoms. The van der Waals surface area contributed by atoms with E-state index in [0.717, 1.165) is 25.4 Å². The Morgan fingerprint density at radius 1 is 1.06 bits per heavy atom. The fourth-order valence-electron chi connectivity index (χ4n) is 3.61. The molecular formula is C15H30N2O. The van der Waals surface area contributed by atoms with Gasteiger partial charge in [-0.1, -0.05) is 20.3 Å². The molecule has 0 amide bonds. The van der Waals surface area contributed by atoms with Crippen LogP contribution in [0.4, 0.5) is 0 Å². The highest BCUT2D eigenvalue weighted by molar-refractivity contribution is 4.88. The van der Waals surface area contributed by atoms with Gasteiger partial charge in [-0.25, -0.2) is 0 Å². The van der Waals surface area contributed by atoms with Gasteiger partial charge in [0.1, 0.15) is 0 Å². The minimum absolute atomic E-state index is 0.0782. The molecule has 1 heterocycles. The molecular weight excluding hydrogens is 224 g/mol. The number of aliphatic hydroxyl groups is 1. The zero-order valence-electron chi connectivity index (χ0n) is 12.1. The molecule has 18 heavy (non-hydrogen) atoms. The second kappa shape index (κ2) is 6.88. The predicted octanol–water partition coefficient (Wildman–Crippen LogP) is 1.95. The van der Waals surface area contributed by atoms with E-state index >= 15 is 0 Å². The van der Waals surface area contributed by atoms with Crippen LogP contribution in [-0.2, 0) is 0 Å². The molecule has 1 saturated carbocycles. The Labute approximate surface area is 112 Å². The Bertz CT molecular complexity index is 239. The van der Waals surface area contributed by atoms with Gasteiger partial charge in [0.05, 0.1) is 6.10 Å². The van der Waals surface area contributed by atoms with Gasteiger partial charge >= 0.3 is 0 Å². The minimum Gasteiger partial charge on any atom is -0.391 e. The van der Waals surface area contributed by atoms with Gasteiger partial charge < -0.3 is 10.0 Å². The summed E-state index contributed by atoms with van der Waals surface area (Å²) < 4.78 is 0. The first-order valence-corrected chi connectivity index (χ1v) is 7.89. The Hall–Kier alpha value is -0.120. The van der Waals surface area contributed by atoms with Crippen LogP contribution >= 0.6 is 0 Å². The molecule has 3 nitrogen and oxygen atoms in total. The summed E-state index contributed by atoms with van der Waals surface area (Å²) in [6.45, 7) is 10.5. The third-order valence-electron chi connectivity index (χ3n) is 4.88. The van der Waals surface area contributed by atoms with Crippen molar-refractivity contribution in [2.24, 2.45) is 5.92 Å². The summed E-state index contributed by atoms with van der Waals surface area (Å²) in [4.78, 5) is 5.11. The van der Waals surface area contributed by atoms with Crippen molar-refractivity contribution in [3.8, 4) is 0 Å². The van der Waals surface area contributed by atoms with E-state index < -0.39 is 0 Å². The summed E-state index contributed by atoms with van der Waals surface area (Å²) in [5, 5.41) is 10.2. The normalized spacial score (nSPS) is 35.8. The molecule has 2 fully saturated rings. The van der Waals surface area contributed by atoms with Crippen LogP contribution in [0, 0.1) is 5.92 Å². The van der Waals surface area contributed by atoms with Gasteiger partial charge in [-0.3, -0.25) is 4.90 Å². The average molecular weight is 254 g/mol. The first-order valence-electron chi connectivity index (χ1n) is 7.89. The predicted molar refractivity (Wildman–Crippen MR) is 75.7 cm³/mol. The molecule has 0 aromatic rings. The lowest BCUT2D eigenvalue weighted by atomic mass is 9.81. The molecule has 3 heteroatoms. The lowest BCUT2D eigenvalue weighted by molar-refractivity contribution is -0.0175. The Morgan fingerprint density at radius 3 is 2.39 bits per heavy atom. The maximum absolute atomic E-state index is 10.2. The Balaban J connectivity index is 1.83. The molecule has 1 aliphatic heterocycles. The molecule has 0 spiro atoms. The first kappa shape index (κ1) is 14.3. The van der Waals surface area contributed by atoms with E-state index in [2.05, 4.69) is 23.6 Å². The number of nitrogens with zero attached hydrogens (tertiary/aromatic N) is 2. The second-order valence-electron chi connectivity index (χ2n) is 6.10. The SMILES string of the molecule is CCCN1CCN(C2CC(CC)CCC2O)CC1. The second-order valence-corrected chi connectivity index (χ2v) is 6.10. The molecule has 106 valence electrons. The van der Waals surface area contributed by atoms with E-state index in [9.17, 15) is 5.11 Å². The lowest BCUT2D eigenvalue weighted by Crippen LogP contribution is -2.55. The molecule has 2 rings (SSSR count). The average Bonchev–Trinajstić information content (AvgIpc) is 2.41. The highest BCUT2D eigenvalue weighted by Crippen LogP contribution is 2.30. The molecule has 1 N–H and O–H groups in total. The van der Waals surface area contributed by atoms with E-state index in [4.69, 9.17) is 0 Å². The van der Waals surface area contributed by atoms with Crippen molar-refractivity contribution in [3.63, 3.8) is 0 Å². The fourth-order valence-corrected chi connectivity index (χ4v) is 3.61. The van der Waals surface area contributed by atoms with Crippen molar-refractivity contribution < 1.29 is 5.11 Å². The maximum Gasteiger partial charge on any atom is 0.0695 e. The Kier molecular flexibility index (Phi) is 5.46. The third-order valence-corrected chi connectivity index (χ3v) is 4.88. The lowest BCUT2D eigenvalue weighted by Gasteiger charge is -2.44. The number of hydrogen-bond acceptors (Lipinski definition) is 3. The Morgan fingerprint density at radius 2 is 1.78 bits per heavy atom. The molecule has 0 aromatic heterocycles. The molecule has 0 aromatic carbocycles. The van der Waals surface area contributed by atoms with Gasteiger partial charge in [-0.2, -0.15) is 0 Å². The smallest absolute Gasteiger partial charge is 0.0695 e. The summed E-state index contributed by atoms with van der Waals surface area (Å²) in [7, 11) is 0. The van der Waals surface area contributed by atoms with Gasteiger partial charge in [0.25, 0.3) is 0 Å². The van der Waals surface area contributed by atoms with Gasteiger partial charge in [-0.15, -0.1) is 0 Å². The first-order chi connectivity index (χ1) is 8.74. The van der Waals surface area contributed by atoms with E-state index in [-0.39, 0.29) is 6.10 Å². The molecule has 3 atom stereocenters. The van der Waals surface area contributed by atoms with E-state index in [1.54, 1.807) is 0 Å². The van der Waals surface area contributed by atoms with Crippen LogP contribution in [-0.4, -0.2) is 59.8 Å². The largest absolute Gasteiger partial charge is 0.391 e.